The van der Waals surface area contributed by atoms with Crippen LogP contribution in [0.2, 0.25) is 5.15 Å². The van der Waals surface area contributed by atoms with Crippen molar-refractivity contribution >= 4 is 23.2 Å². The normalized spacial score (nSPS) is 10.7. The zero-order valence-electron chi connectivity index (χ0n) is 9.16. The van der Waals surface area contributed by atoms with E-state index in [-0.39, 0.29) is 0 Å². The lowest BCUT2D eigenvalue weighted by atomic mass is 10.3. The van der Waals surface area contributed by atoms with Crippen molar-refractivity contribution in [3.63, 3.8) is 0 Å². The van der Waals surface area contributed by atoms with Crippen LogP contribution in [0.15, 0.2) is 18.5 Å². The van der Waals surface area contributed by atoms with Crippen LogP contribution >= 0.6 is 11.6 Å². The second-order valence-electron chi connectivity index (χ2n) is 3.66. The van der Waals surface area contributed by atoms with Crippen LogP contribution in [0.4, 0.5) is 5.82 Å². The summed E-state index contributed by atoms with van der Waals surface area (Å²) in [5, 5.41) is 7.74. The zero-order valence-corrected chi connectivity index (χ0v) is 9.91. The van der Waals surface area contributed by atoms with E-state index in [0.717, 1.165) is 17.0 Å². The maximum Gasteiger partial charge on any atom is 0.255 e. The van der Waals surface area contributed by atoms with Crippen molar-refractivity contribution in [3.05, 3.63) is 29.2 Å². The van der Waals surface area contributed by atoms with E-state index in [4.69, 9.17) is 11.6 Å². The van der Waals surface area contributed by atoms with Gasteiger partial charge in [-0.2, -0.15) is 19.6 Å². The maximum atomic E-state index is 6.01. The third-order valence-corrected chi connectivity index (χ3v) is 2.53. The molecule has 6 heteroatoms. The predicted octanol–water partition coefficient (Wildman–Crippen LogP) is 2.07. The second-order valence-corrected chi connectivity index (χ2v) is 4.02. The van der Waals surface area contributed by atoms with Gasteiger partial charge >= 0.3 is 0 Å². The van der Waals surface area contributed by atoms with Gasteiger partial charge in [-0.1, -0.05) is 23.8 Å². The minimum atomic E-state index is 0.435. The van der Waals surface area contributed by atoms with Crippen molar-refractivity contribution in [1.82, 2.24) is 19.6 Å². The summed E-state index contributed by atoms with van der Waals surface area (Å²) in [6, 6.07) is 0. The van der Waals surface area contributed by atoms with Gasteiger partial charge in [0.15, 0.2) is 0 Å². The number of nitrogens with zero attached hydrogens (tertiary/aromatic N) is 4. The number of hydrogen-bond acceptors (Lipinski definition) is 4. The molecule has 0 saturated carbocycles. The van der Waals surface area contributed by atoms with Crippen LogP contribution in [0.5, 0.6) is 0 Å². The van der Waals surface area contributed by atoms with E-state index in [1.54, 1.807) is 4.52 Å². The van der Waals surface area contributed by atoms with Gasteiger partial charge in [-0.25, -0.2) is 0 Å². The SMILES string of the molecule is C=C(C)CNc1c(C)c(Cl)nc2ncnn12. The molecule has 2 aromatic heterocycles. The van der Waals surface area contributed by atoms with Crippen LogP contribution in [0, 0.1) is 6.92 Å². The minimum absolute atomic E-state index is 0.435. The number of anilines is 1. The Morgan fingerprint density at radius 1 is 1.62 bits per heavy atom. The van der Waals surface area contributed by atoms with E-state index in [0.29, 0.717) is 17.5 Å². The van der Waals surface area contributed by atoms with Gasteiger partial charge in [0.2, 0.25) is 0 Å². The van der Waals surface area contributed by atoms with Crippen LogP contribution in [0.3, 0.4) is 0 Å². The fourth-order valence-corrected chi connectivity index (χ4v) is 1.50. The molecule has 2 aromatic rings. The summed E-state index contributed by atoms with van der Waals surface area (Å²) in [7, 11) is 0. The Bertz CT molecular complexity index is 545. The Hall–Kier alpha value is -1.62. The smallest absolute Gasteiger partial charge is 0.255 e. The first-order chi connectivity index (χ1) is 7.59. The zero-order chi connectivity index (χ0) is 11.7. The topological polar surface area (TPSA) is 55.1 Å². The highest BCUT2D eigenvalue weighted by Gasteiger charge is 2.11. The van der Waals surface area contributed by atoms with Gasteiger partial charge in [-0.15, -0.1) is 0 Å². The van der Waals surface area contributed by atoms with Crippen LogP contribution in [0.25, 0.3) is 5.78 Å². The first-order valence-corrected chi connectivity index (χ1v) is 5.21. The molecule has 5 nitrogen and oxygen atoms in total. The minimum Gasteiger partial charge on any atom is -0.366 e. The second kappa shape index (κ2) is 4.09. The number of nitrogens with one attached hydrogen (secondary N) is 1. The monoisotopic (exact) mass is 237 g/mol. The quantitative estimate of drug-likeness (QED) is 0.656. The highest BCUT2D eigenvalue weighted by molar-refractivity contribution is 6.30. The fourth-order valence-electron chi connectivity index (χ4n) is 1.34. The summed E-state index contributed by atoms with van der Waals surface area (Å²) in [6.45, 7) is 8.33. The Morgan fingerprint density at radius 2 is 2.38 bits per heavy atom. The Balaban J connectivity index is 2.51. The molecule has 84 valence electrons. The van der Waals surface area contributed by atoms with Gasteiger partial charge in [0, 0.05) is 12.1 Å². The van der Waals surface area contributed by atoms with Crippen molar-refractivity contribution in [2.75, 3.05) is 11.9 Å². The summed E-state index contributed by atoms with van der Waals surface area (Å²) < 4.78 is 1.63. The molecular weight excluding hydrogens is 226 g/mol. The largest absolute Gasteiger partial charge is 0.366 e. The van der Waals surface area contributed by atoms with Crippen LogP contribution < -0.4 is 5.32 Å². The Labute approximate surface area is 98.2 Å². The average Bonchev–Trinajstić information content (AvgIpc) is 2.65. The molecule has 0 saturated heterocycles. The lowest BCUT2D eigenvalue weighted by Crippen LogP contribution is -2.10. The molecule has 1 N–H and O–H groups in total. The van der Waals surface area contributed by atoms with Gasteiger partial charge in [-0.3, -0.25) is 0 Å². The van der Waals surface area contributed by atoms with Gasteiger partial charge in [-0.05, 0) is 13.8 Å². The summed E-state index contributed by atoms with van der Waals surface area (Å²) in [5.74, 6) is 1.29. The van der Waals surface area contributed by atoms with Crippen molar-refractivity contribution in [1.29, 1.82) is 0 Å². The van der Waals surface area contributed by atoms with Crippen molar-refractivity contribution < 1.29 is 0 Å². The molecule has 2 heterocycles. The molecule has 0 bridgehead atoms. The van der Waals surface area contributed by atoms with Gasteiger partial charge in [0.05, 0.1) is 0 Å². The van der Waals surface area contributed by atoms with Crippen molar-refractivity contribution in [2.45, 2.75) is 13.8 Å². The molecule has 0 aromatic carbocycles. The van der Waals surface area contributed by atoms with Gasteiger partial charge in [0.1, 0.15) is 17.3 Å². The summed E-state index contributed by atoms with van der Waals surface area (Å²) in [5.41, 5.74) is 1.88. The van der Waals surface area contributed by atoms with E-state index in [1.165, 1.54) is 6.33 Å². The molecule has 0 atom stereocenters. The Morgan fingerprint density at radius 3 is 3.06 bits per heavy atom. The highest BCUT2D eigenvalue weighted by atomic mass is 35.5. The molecule has 2 rings (SSSR count). The maximum absolute atomic E-state index is 6.01. The van der Waals surface area contributed by atoms with Gasteiger partial charge in [0.25, 0.3) is 5.78 Å². The van der Waals surface area contributed by atoms with Crippen LogP contribution in [-0.4, -0.2) is 26.1 Å². The highest BCUT2D eigenvalue weighted by Crippen LogP contribution is 2.21. The first-order valence-electron chi connectivity index (χ1n) is 4.83. The number of rotatable bonds is 3. The van der Waals surface area contributed by atoms with E-state index >= 15 is 0 Å². The van der Waals surface area contributed by atoms with Crippen LogP contribution in [-0.2, 0) is 0 Å². The summed E-state index contributed by atoms with van der Waals surface area (Å²) in [6.07, 6.45) is 1.45. The third-order valence-electron chi connectivity index (χ3n) is 2.16. The molecule has 0 aliphatic rings. The molecule has 0 spiro atoms. The van der Waals surface area contributed by atoms with E-state index < -0.39 is 0 Å². The Kier molecular flexibility index (Phi) is 2.78. The fraction of sp³-hybridized carbons (Fsp3) is 0.300. The number of halogens is 1. The van der Waals surface area contributed by atoms with Crippen molar-refractivity contribution in [3.8, 4) is 0 Å². The van der Waals surface area contributed by atoms with E-state index in [9.17, 15) is 0 Å². The predicted molar refractivity (Wildman–Crippen MR) is 63.8 cm³/mol. The number of hydrogen-bond donors (Lipinski definition) is 1. The molecule has 0 radical (unpaired) electrons. The van der Waals surface area contributed by atoms with Gasteiger partial charge < -0.3 is 5.32 Å². The lowest BCUT2D eigenvalue weighted by Gasteiger charge is -2.11. The summed E-state index contributed by atoms with van der Waals surface area (Å²) in [4.78, 5) is 8.12. The third kappa shape index (κ3) is 1.86. The molecular formula is C10H12ClN5. The molecule has 0 fully saturated rings. The summed E-state index contributed by atoms with van der Waals surface area (Å²) >= 11 is 6.01. The average molecular weight is 238 g/mol. The standard InChI is InChI=1S/C10H12ClN5/c1-6(2)4-12-9-7(3)8(11)15-10-13-5-14-16(9)10/h5,12H,1,4H2,2-3H3. The molecule has 0 amide bonds. The molecule has 0 aliphatic carbocycles. The molecule has 0 aliphatic heterocycles. The molecule has 0 unspecified atom stereocenters. The lowest BCUT2D eigenvalue weighted by molar-refractivity contribution is 0.923. The number of fused-ring (bicyclic) bond motifs is 1. The van der Waals surface area contributed by atoms with E-state index in [1.807, 2.05) is 13.8 Å². The van der Waals surface area contributed by atoms with Crippen molar-refractivity contribution in [2.24, 2.45) is 0 Å². The van der Waals surface area contributed by atoms with E-state index in [2.05, 4.69) is 27.0 Å². The first kappa shape index (κ1) is 10.9. The van der Waals surface area contributed by atoms with Crippen LogP contribution in [0.1, 0.15) is 12.5 Å². The number of aromatic nitrogens is 4. The molecule has 16 heavy (non-hydrogen) atoms.